The van der Waals surface area contributed by atoms with Crippen molar-refractivity contribution < 1.29 is 22.7 Å². The van der Waals surface area contributed by atoms with Crippen LogP contribution in [0.2, 0.25) is 5.02 Å². The number of hydrogen-bond donors (Lipinski definition) is 3. The average molecular weight is 547 g/mol. The lowest BCUT2D eigenvalue weighted by atomic mass is 10.1. The first-order valence-electron chi connectivity index (χ1n) is 11.6. The smallest absolute Gasteiger partial charge is 0.416 e. The van der Waals surface area contributed by atoms with Crippen LogP contribution in [0.25, 0.3) is 11.0 Å². The fraction of sp³-hybridized carbons (Fsp3) is 0.269. The van der Waals surface area contributed by atoms with Crippen molar-refractivity contribution in [3.63, 3.8) is 0 Å². The molecule has 4 N–H and O–H groups in total. The van der Waals surface area contributed by atoms with Gasteiger partial charge in [-0.25, -0.2) is 9.97 Å². The van der Waals surface area contributed by atoms with Crippen LogP contribution in [0, 0.1) is 0 Å². The fourth-order valence-electron chi connectivity index (χ4n) is 3.74. The van der Waals surface area contributed by atoms with Crippen LogP contribution < -0.4 is 21.1 Å². The maximum atomic E-state index is 13.6. The molecular formula is C26H26ClF3N6O2. The van der Waals surface area contributed by atoms with E-state index in [1.54, 1.807) is 32.9 Å². The number of nitrogens with one attached hydrogen (secondary N) is 2. The van der Waals surface area contributed by atoms with E-state index in [9.17, 15) is 18.0 Å². The van der Waals surface area contributed by atoms with E-state index in [2.05, 4.69) is 20.6 Å². The largest absolute Gasteiger partial charge is 0.456 e. The summed E-state index contributed by atoms with van der Waals surface area (Å²) in [7, 11) is 0. The number of ether oxygens (including phenoxy) is 1. The average Bonchev–Trinajstić information content (AvgIpc) is 3.23. The van der Waals surface area contributed by atoms with Crippen molar-refractivity contribution in [2.75, 3.05) is 11.9 Å². The summed E-state index contributed by atoms with van der Waals surface area (Å²) in [6, 6.07) is 9.41. The molecule has 4 rings (SSSR count). The van der Waals surface area contributed by atoms with Gasteiger partial charge in [0.15, 0.2) is 5.82 Å². The lowest BCUT2D eigenvalue weighted by Crippen LogP contribution is -2.40. The summed E-state index contributed by atoms with van der Waals surface area (Å²) < 4.78 is 48.3. The molecular weight excluding hydrogens is 521 g/mol. The van der Waals surface area contributed by atoms with Crippen molar-refractivity contribution in [1.82, 2.24) is 19.9 Å². The summed E-state index contributed by atoms with van der Waals surface area (Å²) in [5.74, 6) is -0.197. The summed E-state index contributed by atoms with van der Waals surface area (Å²) in [6.45, 7) is 6.20. The van der Waals surface area contributed by atoms with Gasteiger partial charge >= 0.3 is 6.18 Å². The predicted octanol–water partition coefficient (Wildman–Crippen LogP) is 6.13. The van der Waals surface area contributed by atoms with E-state index >= 15 is 0 Å². The van der Waals surface area contributed by atoms with Crippen molar-refractivity contribution in [2.24, 2.45) is 5.73 Å². The molecule has 0 aliphatic rings. The van der Waals surface area contributed by atoms with Gasteiger partial charge in [0, 0.05) is 36.1 Å². The molecule has 0 saturated heterocycles. The number of aromatic nitrogens is 3. The third-order valence-corrected chi connectivity index (χ3v) is 5.62. The molecule has 1 amide bonds. The van der Waals surface area contributed by atoms with Gasteiger partial charge in [0.05, 0.1) is 16.1 Å². The maximum Gasteiger partial charge on any atom is 0.416 e. The predicted molar refractivity (Wildman–Crippen MR) is 140 cm³/mol. The van der Waals surface area contributed by atoms with Gasteiger partial charge in [0.25, 0.3) is 5.91 Å². The van der Waals surface area contributed by atoms with Crippen molar-refractivity contribution in [1.29, 1.82) is 0 Å². The highest BCUT2D eigenvalue weighted by Gasteiger charge is 2.32. The van der Waals surface area contributed by atoms with Crippen molar-refractivity contribution >= 4 is 40.0 Å². The summed E-state index contributed by atoms with van der Waals surface area (Å²) in [5.41, 5.74) is 5.92. The standard InChI is InChI=1S/C26H26ClF3N6O2/c1-25(2,3)35-24(37)15-10-16(26(28,29)30)12-18(11-15)38-21-5-4-17(13-19(21)27)34-23-22-20(32-14-33-23)6-8-36(22)9-7-31/h4-6,8,10-14H,7,9,31H2,1-3H3,(H,35,37)(H,32,33,34). The molecule has 0 radical (unpaired) electrons. The summed E-state index contributed by atoms with van der Waals surface area (Å²) in [4.78, 5) is 21.2. The summed E-state index contributed by atoms with van der Waals surface area (Å²) in [5, 5.41) is 5.97. The Balaban J connectivity index is 1.62. The molecule has 2 aromatic heterocycles. The molecule has 12 heteroatoms. The Kier molecular flexibility index (Phi) is 7.52. The van der Waals surface area contributed by atoms with Gasteiger partial charge in [-0.05, 0) is 63.2 Å². The lowest BCUT2D eigenvalue weighted by Gasteiger charge is -2.21. The van der Waals surface area contributed by atoms with E-state index < -0.39 is 23.2 Å². The number of rotatable bonds is 7. The Bertz CT molecular complexity index is 1480. The highest BCUT2D eigenvalue weighted by molar-refractivity contribution is 6.32. The third-order valence-electron chi connectivity index (χ3n) is 5.33. The SMILES string of the molecule is CC(C)(C)NC(=O)c1cc(Oc2ccc(Nc3ncnc4ccn(CCN)c34)cc2Cl)cc(C(F)(F)F)c1. The molecule has 2 heterocycles. The van der Waals surface area contributed by atoms with E-state index in [0.29, 0.717) is 24.6 Å². The number of nitrogens with zero attached hydrogens (tertiary/aromatic N) is 3. The number of amides is 1. The molecule has 4 aromatic rings. The van der Waals surface area contributed by atoms with Crippen LogP contribution in [-0.4, -0.2) is 32.5 Å². The maximum absolute atomic E-state index is 13.6. The molecule has 0 saturated carbocycles. The number of alkyl halides is 3. The number of carbonyl (C=O) groups is 1. The fourth-order valence-corrected chi connectivity index (χ4v) is 3.96. The zero-order chi connectivity index (χ0) is 27.7. The van der Waals surface area contributed by atoms with Crippen LogP contribution in [-0.2, 0) is 12.7 Å². The van der Waals surface area contributed by atoms with Crippen LogP contribution in [0.4, 0.5) is 24.7 Å². The number of hydrogen-bond acceptors (Lipinski definition) is 6. The zero-order valence-corrected chi connectivity index (χ0v) is 21.6. The Labute approximate surface area is 222 Å². The monoisotopic (exact) mass is 546 g/mol. The first-order chi connectivity index (χ1) is 17.8. The van der Waals surface area contributed by atoms with Gasteiger partial charge < -0.3 is 25.7 Å². The van der Waals surface area contributed by atoms with Gasteiger partial charge in [-0.2, -0.15) is 13.2 Å². The van der Waals surface area contributed by atoms with E-state index in [0.717, 1.165) is 23.2 Å². The van der Waals surface area contributed by atoms with Crippen LogP contribution in [0.1, 0.15) is 36.7 Å². The van der Waals surface area contributed by atoms with E-state index in [1.807, 2.05) is 16.8 Å². The van der Waals surface area contributed by atoms with Crippen LogP contribution in [0.5, 0.6) is 11.5 Å². The van der Waals surface area contributed by atoms with Crippen molar-refractivity contribution in [2.45, 2.75) is 39.0 Å². The van der Waals surface area contributed by atoms with E-state index in [1.165, 1.54) is 18.5 Å². The first kappa shape index (κ1) is 27.2. The Morgan fingerprint density at radius 1 is 1.11 bits per heavy atom. The van der Waals surface area contributed by atoms with Crippen LogP contribution in [0.15, 0.2) is 55.0 Å². The lowest BCUT2D eigenvalue weighted by molar-refractivity contribution is -0.137. The minimum Gasteiger partial charge on any atom is -0.456 e. The van der Waals surface area contributed by atoms with E-state index in [-0.39, 0.29) is 22.1 Å². The van der Waals surface area contributed by atoms with Gasteiger partial charge in [-0.3, -0.25) is 4.79 Å². The number of carbonyl (C=O) groups excluding carboxylic acids is 1. The number of fused-ring (bicyclic) bond motifs is 1. The second kappa shape index (κ2) is 10.5. The first-order valence-corrected chi connectivity index (χ1v) is 12.0. The summed E-state index contributed by atoms with van der Waals surface area (Å²) in [6.07, 6.45) is -1.39. The third kappa shape index (κ3) is 6.35. The van der Waals surface area contributed by atoms with Gasteiger partial charge in [-0.15, -0.1) is 0 Å². The number of anilines is 2. The topological polar surface area (TPSA) is 107 Å². The molecule has 2 aromatic carbocycles. The quantitative estimate of drug-likeness (QED) is 0.257. The van der Waals surface area contributed by atoms with Crippen LogP contribution in [0.3, 0.4) is 0 Å². The number of halogens is 4. The van der Waals surface area contributed by atoms with Crippen molar-refractivity contribution in [3.05, 3.63) is 71.1 Å². The second-order valence-electron chi connectivity index (χ2n) is 9.57. The summed E-state index contributed by atoms with van der Waals surface area (Å²) >= 11 is 6.42. The Morgan fingerprint density at radius 3 is 2.53 bits per heavy atom. The Morgan fingerprint density at radius 2 is 1.87 bits per heavy atom. The molecule has 0 spiro atoms. The highest BCUT2D eigenvalue weighted by Crippen LogP contribution is 2.37. The molecule has 0 atom stereocenters. The second-order valence-corrected chi connectivity index (χ2v) is 9.98. The Hall–Kier alpha value is -3.83. The minimum atomic E-state index is -4.68. The van der Waals surface area contributed by atoms with Crippen LogP contribution >= 0.6 is 11.6 Å². The van der Waals surface area contributed by atoms with E-state index in [4.69, 9.17) is 22.1 Å². The molecule has 0 fully saturated rings. The van der Waals surface area contributed by atoms with Gasteiger partial charge in [-0.1, -0.05) is 11.6 Å². The molecule has 200 valence electrons. The minimum absolute atomic E-state index is 0.109. The highest BCUT2D eigenvalue weighted by atomic mass is 35.5. The van der Waals surface area contributed by atoms with Gasteiger partial charge in [0.2, 0.25) is 0 Å². The van der Waals surface area contributed by atoms with Gasteiger partial charge in [0.1, 0.15) is 23.3 Å². The molecule has 0 aliphatic heterocycles. The molecule has 0 bridgehead atoms. The molecule has 8 nitrogen and oxygen atoms in total. The van der Waals surface area contributed by atoms with Crippen molar-refractivity contribution in [3.8, 4) is 11.5 Å². The number of nitrogens with two attached hydrogens (primary N) is 1. The number of benzene rings is 2. The molecule has 0 unspecified atom stereocenters. The molecule has 38 heavy (non-hydrogen) atoms. The normalized spacial score (nSPS) is 12.0. The zero-order valence-electron chi connectivity index (χ0n) is 20.9. The molecule has 0 aliphatic carbocycles.